The van der Waals surface area contributed by atoms with Gasteiger partial charge in [0, 0.05) is 23.5 Å². The second kappa shape index (κ2) is 8.65. The van der Waals surface area contributed by atoms with Gasteiger partial charge in [-0.3, -0.25) is 4.79 Å². The monoisotopic (exact) mass is 393 g/mol. The van der Waals surface area contributed by atoms with E-state index in [1.54, 1.807) is 12.1 Å². The number of phenols is 1. The van der Waals surface area contributed by atoms with Crippen molar-refractivity contribution in [2.45, 2.75) is 20.4 Å². The van der Waals surface area contributed by atoms with Crippen molar-refractivity contribution in [3.63, 3.8) is 0 Å². The lowest BCUT2D eigenvalue weighted by atomic mass is 10.1. The van der Waals surface area contributed by atoms with Crippen molar-refractivity contribution in [3.05, 3.63) is 82.7 Å². The minimum absolute atomic E-state index is 0.0494. The van der Waals surface area contributed by atoms with Gasteiger partial charge in [0.05, 0.1) is 7.11 Å². The Kier molecular flexibility index (Phi) is 6.02. The van der Waals surface area contributed by atoms with Crippen LogP contribution in [0.3, 0.4) is 0 Å². The molecule has 0 amide bonds. The normalized spacial score (nSPS) is 10.6. The summed E-state index contributed by atoms with van der Waals surface area (Å²) in [7, 11) is 1.39. The molecule has 0 saturated heterocycles. The molecule has 2 aromatic carbocycles. The molecule has 0 bridgehead atoms. The Hall–Kier alpha value is -3.54. The molecule has 3 aromatic rings. The van der Waals surface area contributed by atoms with Crippen molar-refractivity contribution >= 4 is 11.8 Å². The maximum absolute atomic E-state index is 12.6. The van der Waals surface area contributed by atoms with Gasteiger partial charge in [0.15, 0.2) is 18.1 Å². The number of phenolic OH excluding ortho intramolecular Hbond substituents is 1. The van der Waals surface area contributed by atoms with Gasteiger partial charge in [0.25, 0.3) is 0 Å². The first-order chi connectivity index (χ1) is 13.9. The number of Topliss-reactive ketones (excluding diaryl/α,β-unsaturated/α-hetero) is 1. The van der Waals surface area contributed by atoms with E-state index in [2.05, 4.69) is 4.57 Å². The van der Waals surface area contributed by atoms with E-state index in [1.165, 1.54) is 19.2 Å². The van der Waals surface area contributed by atoms with Crippen LogP contribution in [0.4, 0.5) is 0 Å². The van der Waals surface area contributed by atoms with E-state index in [0.29, 0.717) is 12.1 Å². The Morgan fingerprint density at radius 1 is 1.00 bits per heavy atom. The molecule has 0 radical (unpaired) electrons. The highest BCUT2D eigenvalue weighted by molar-refractivity contribution is 6.01. The van der Waals surface area contributed by atoms with Crippen LogP contribution in [0.5, 0.6) is 11.5 Å². The molecule has 0 aliphatic carbocycles. The van der Waals surface area contributed by atoms with Crippen LogP contribution in [-0.4, -0.2) is 35.1 Å². The number of aryl methyl sites for hydroxylation is 1. The summed E-state index contributed by atoms with van der Waals surface area (Å²) in [5.74, 6) is -1.23. The van der Waals surface area contributed by atoms with E-state index in [9.17, 15) is 14.7 Å². The summed E-state index contributed by atoms with van der Waals surface area (Å²) in [5.41, 5.74) is 3.36. The zero-order chi connectivity index (χ0) is 21.0. The predicted octanol–water partition coefficient (Wildman–Crippen LogP) is 3.91. The second-order valence-electron chi connectivity index (χ2n) is 6.71. The van der Waals surface area contributed by atoms with Gasteiger partial charge < -0.3 is 19.1 Å². The van der Waals surface area contributed by atoms with E-state index < -0.39 is 12.6 Å². The smallest absolute Gasteiger partial charge is 0.342 e. The number of ketones is 1. The maximum atomic E-state index is 12.6. The quantitative estimate of drug-likeness (QED) is 0.486. The van der Waals surface area contributed by atoms with Gasteiger partial charge >= 0.3 is 5.97 Å². The first-order valence-electron chi connectivity index (χ1n) is 9.19. The van der Waals surface area contributed by atoms with Crippen LogP contribution in [0.1, 0.15) is 37.7 Å². The average Bonchev–Trinajstić information content (AvgIpc) is 3.01. The number of aromatic hydroxyl groups is 1. The number of rotatable bonds is 7. The van der Waals surface area contributed by atoms with Gasteiger partial charge in [-0.05, 0) is 37.6 Å². The van der Waals surface area contributed by atoms with Crippen molar-refractivity contribution < 1.29 is 24.2 Å². The van der Waals surface area contributed by atoms with E-state index in [1.807, 2.05) is 44.2 Å². The fourth-order valence-electron chi connectivity index (χ4n) is 3.23. The maximum Gasteiger partial charge on any atom is 0.342 e. The molecular weight excluding hydrogens is 370 g/mol. The van der Waals surface area contributed by atoms with Crippen molar-refractivity contribution in [2.24, 2.45) is 0 Å². The molecule has 150 valence electrons. The fraction of sp³-hybridized carbons (Fsp3) is 0.217. The van der Waals surface area contributed by atoms with Crippen molar-refractivity contribution in [1.82, 2.24) is 4.57 Å². The number of benzene rings is 2. The minimum atomic E-state index is -0.784. The number of nitrogens with zero attached hydrogens (tertiary/aromatic N) is 1. The van der Waals surface area contributed by atoms with Crippen LogP contribution >= 0.6 is 0 Å². The number of hydrogen-bond donors (Lipinski definition) is 1. The SMILES string of the molecule is COc1cccc(C(=O)OCC(=O)c2cc(C)n(Cc3ccccc3)c2C)c1O. The molecule has 1 heterocycles. The molecule has 0 atom stereocenters. The zero-order valence-electron chi connectivity index (χ0n) is 16.6. The Bertz CT molecular complexity index is 1040. The molecular formula is C23H23NO5. The molecule has 29 heavy (non-hydrogen) atoms. The van der Waals surface area contributed by atoms with Crippen LogP contribution in [0.25, 0.3) is 0 Å². The van der Waals surface area contributed by atoms with Crippen LogP contribution in [-0.2, 0) is 11.3 Å². The van der Waals surface area contributed by atoms with E-state index >= 15 is 0 Å². The first-order valence-corrected chi connectivity index (χ1v) is 9.19. The van der Waals surface area contributed by atoms with Crippen LogP contribution < -0.4 is 4.74 Å². The number of methoxy groups -OCH3 is 1. The van der Waals surface area contributed by atoms with Crippen molar-refractivity contribution in [3.8, 4) is 11.5 Å². The molecule has 0 saturated carbocycles. The van der Waals surface area contributed by atoms with Crippen molar-refractivity contribution in [2.75, 3.05) is 13.7 Å². The first kappa shape index (κ1) is 20.2. The molecule has 0 aliphatic rings. The average molecular weight is 393 g/mol. The molecule has 1 N–H and O–H groups in total. The molecule has 0 fully saturated rings. The summed E-state index contributed by atoms with van der Waals surface area (Å²) < 4.78 is 12.2. The van der Waals surface area contributed by atoms with E-state index in [0.717, 1.165) is 17.0 Å². The molecule has 0 unspecified atom stereocenters. The summed E-state index contributed by atoms with van der Waals surface area (Å²) in [6.45, 7) is 4.06. The number of esters is 1. The Morgan fingerprint density at radius 3 is 2.41 bits per heavy atom. The highest BCUT2D eigenvalue weighted by Crippen LogP contribution is 2.29. The lowest BCUT2D eigenvalue weighted by molar-refractivity contribution is 0.0471. The number of carbonyl (C=O) groups excluding carboxylic acids is 2. The Labute approximate surface area is 169 Å². The summed E-state index contributed by atoms with van der Waals surface area (Å²) in [6, 6.07) is 16.3. The summed E-state index contributed by atoms with van der Waals surface area (Å²) in [4.78, 5) is 24.9. The number of hydrogen-bond acceptors (Lipinski definition) is 5. The standard InChI is InChI=1S/C23H23NO5/c1-15-12-19(16(2)24(15)13-17-8-5-4-6-9-17)20(25)14-29-23(27)18-10-7-11-21(28-3)22(18)26/h4-12,26H,13-14H2,1-3H3. The molecule has 0 spiro atoms. The van der Waals surface area contributed by atoms with Gasteiger partial charge in [-0.1, -0.05) is 36.4 Å². The molecule has 6 heteroatoms. The Balaban J connectivity index is 1.72. The van der Waals surface area contributed by atoms with Gasteiger partial charge in [-0.25, -0.2) is 4.79 Å². The third kappa shape index (κ3) is 4.32. The van der Waals surface area contributed by atoms with Gasteiger partial charge in [0.1, 0.15) is 5.56 Å². The zero-order valence-corrected chi connectivity index (χ0v) is 16.6. The molecule has 0 aliphatic heterocycles. The largest absolute Gasteiger partial charge is 0.504 e. The highest BCUT2D eigenvalue weighted by atomic mass is 16.5. The fourth-order valence-corrected chi connectivity index (χ4v) is 3.23. The number of para-hydroxylation sites is 1. The summed E-state index contributed by atoms with van der Waals surface area (Å²) >= 11 is 0. The van der Waals surface area contributed by atoms with E-state index in [4.69, 9.17) is 9.47 Å². The topological polar surface area (TPSA) is 77.8 Å². The molecule has 1 aromatic heterocycles. The highest BCUT2D eigenvalue weighted by Gasteiger charge is 2.20. The summed E-state index contributed by atoms with van der Waals surface area (Å²) in [6.07, 6.45) is 0. The minimum Gasteiger partial charge on any atom is -0.504 e. The molecule has 3 rings (SSSR count). The van der Waals surface area contributed by atoms with Crippen molar-refractivity contribution in [1.29, 1.82) is 0 Å². The number of aromatic nitrogens is 1. The third-order valence-corrected chi connectivity index (χ3v) is 4.83. The summed E-state index contributed by atoms with van der Waals surface area (Å²) in [5, 5.41) is 10.1. The van der Waals surface area contributed by atoms with Crippen LogP contribution in [0.15, 0.2) is 54.6 Å². The van der Waals surface area contributed by atoms with Gasteiger partial charge in [-0.2, -0.15) is 0 Å². The Morgan fingerprint density at radius 2 is 1.72 bits per heavy atom. The number of carbonyl (C=O) groups is 2. The number of ether oxygens (including phenoxy) is 2. The predicted molar refractivity (Wildman–Crippen MR) is 109 cm³/mol. The second-order valence-corrected chi connectivity index (χ2v) is 6.71. The van der Waals surface area contributed by atoms with Crippen LogP contribution in [0, 0.1) is 13.8 Å². The molecule has 6 nitrogen and oxygen atoms in total. The van der Waals surface area contributed by atoms with Gasteiger partial charge in [0.2, 0.25) is 5.78 Å². The van der Waals surface area contributed by atoms with Gasteiger partial charge in [-0.15, -0.1) is 0 Å². The van der Waals surface area contributed by atoms with E-state index in [-0.39, 0.29) is 22.8 Å². The van der Waals surface area contributed by atoms with Crippen LogP contribution in [0.2, 0.25) is 0 Å². The lowest BCUT2D eigenvalue weighted by Crippen LogP contribution is -2.15. The lowest BCUT2D eigenvalue weighted by Gasteiger charge is -2.10. The third-order valence-electron chi connectivity index (χ3n) is 4.83.